The van der Waals surface area contributed by atoms with Crippen LogP contribution in [0.5, 0.6) is 0 Å². The van der Waals surface area contributed by atoms with Crippen molar-refractivity contribution in [3.63, 3.8) is 0 Å². The van der Waals surface area contributed by atoms with Gasteiger partial charge in [-0.25, -0.2) is 9.89 Å². The molecule has 6 nitrogen and oxygen atoms in total. The molecule has 114 valence electrons. The molecule has 0 fully saturated rings. The molecule has 0 unspecified atom stereocenters. The molecule has 0 amide bonds. The maximum absolute atomic E-state index is 11.3. The fraction of sp³-hybridized carbons (Fsp3) is 0.385. The van der Waals surface area contributed by atoms with Gasteiger partial charge >= 0.3 is 5.69 Å². The molecule has 0 bridgehead atoms. The number of methoxy groups -OCH3 is 1. The van der Waals surface area contributed by atoms with Crippen molar-refractivity contribution in [2.45, 2.75) is 16.6 Å². The van der Waals surface area contributed by atoms with Crippen LogP contribution in [0.25, 0.3) is 0 Å². The van der Waals surface area contributed by atoms with Gasteiger partial charge < -0.3 is 10.1 Å². The highest BCUT2D eigenvalue weighted by Gasteiger charge is 2.09. The van der Waals surface area contributed by atoms with Gasteiger partial charge in [0.05, 0.1) is 6.61 Å². The fourth-order valence-corrected chi connectivity index (χ4v) is 3.14. The Morgan fingerprint density at radius 1 is 1.52 bits per heavy atom. The summed E-state index contributed by atoms with van der Waals surface area (Å²) in [5.41, 5.74) is 0.964. The van der Waals surface area contributed by atoms with E-state index in [1.54, 1.807) is 14.2 Å². The second-order valence-corrected chi connectivity index (χ2v) is 6.27. The summed E-state index contributed by atoms with van der Waals surface area (Å²) in [5.74, 6) is 0. The van der Waals surface area contributed by atoms with Crippen molar-refractivity contribution < 1.29 is 4.74 Å². The summed E-state index contributed by atoms with van der Waals surface area (Å²) in [6.07, 6.45) is 0. The van der Waals surface area contributed by atoms with Crippen molar-refractivity contribution >= 4 is 27.7 Å². The molecule has 21 heavy (non-hydrogen) atoms. The zero-order valence-electron chi connectivity index (χ0n) is 11.9. The summed E-state index contributed by atoms with van der Waals surface area (Å²) in [5, 5.41) is 10.3. The van der Waals surface area contributed by atoms with E-state index in [0.717, 1.165) is 22.5 Å². The Kier molecular flexibility index (Phi) is 6.04. The third-order valence-electron chi connectivity index (χ3n) is 2.85. The summed E-state index contributed by atoms with van der Waals surface area (Å²) >= 11 is 5.00. The minimum atomic E-state index is -0.215. The molecule has 0 saturated heterocycles. The van der Waals surface area contributed by atoms with Crippen LogP contribution in [0.2, 0.25) is 0 Å². The average molecular weight is 373 g/mol. The molecule has 0 spiro atoms. The zero-order chi connectivity index (χ0) is 15.2. The van der Waals surface area contributed by atoms with Crippen LogP contribution < -0.4 is 11.0 Å². The highest BCUT2D eigenvalue weighted by atomic mass is 79.9. The summed E-state index contributed by atoms with van der Waals surface area (Å²) in [4.78, 5) is 12.4. The highest BCUT2D eigenvalue weighted by Crippen LogP contribution is 2.32. The maximum atomic E-state index is 11.3. The number of aromatic amines is 1. The van der Waals surface area contributed by atoms with Gasteiger partial charge in [-0.15, -0.1) is 5.10 Å². The maximum Gasteiger partial charge on any atom is 0.343 e. The van der Waals surface area contributed by atoms with Crippen molar-refractivity contribution in [1.82, 2.24) is 20.1 Å². The lowest BCUT2D eigenvalue weighted by Crippen LogP contribution is -2.18. The predicted octanol–water partition coefficient (Wildman–Crippen LogP) is 1.76. The molecule has 1 aromatic heterocycles. The Hall–Kier alpha value is -1.09. The molecule has 1 heterocycles. The van der Waals surface area contributed by atoms with E-state index in [1.165, 1.54) is 21.9 Å². The van der Waals surface area contributed by atoms with Gasteiger partial charge in [-0.1, -0.05) is 6.07 Å². The van der Waals surface area contributed by atoms with Crippen molar-refractivity contribution in [2.24, 2.45) is 7.05 Å². The summed E-state index contributed by atoms with van der Waals surface area (Å²) in [6, 6.07) is 6.13. The van der Waals surface area contributed by atoms with E-state index in [-0.39, 0.29) is 5.69 Å². The Balaban J connectivity index is 2.02. The number of nitrogens with zero attached hydrogens (tertiary/aromatic N) is 2. The Labute approximate surface area is 135 Å². The Morgan fingerprint density at radius 3 is 2.95 bits per heavy atom. The third kappa shape index (κ3) is 4.44. The number of halogens is 1. The van der Waals surface area contributed by atoms with Crippen LogP contribution in [-0.4, -0.2) is 35.0 Å². The first-order chi connectivity index (χ1) is 10.1. The van der Waals surface area contributed by atoms with E-state index in [9.17, 15) is 4.79 Å². The largest absolute Gasteiger partial charge is 0.383 e. The van der Waals surface area contributed by atoms with E-state index < -0.39 is 0 Å². The summed E-state index contributed by atoms with van der Waals surface area (Å²) in [7, 11) is 3.38. The average Bonchev–Trinajstić information content (AvgIpc) is 2.78. The molecule has 2 N–H and O–H groups in total. The van der Waals surface area contributed by atoms with Gasteiger partial charge in [0.1, 0.15) is 0 Å². The predicted molar refractivity (Wildman–Crippen MR) is 85.7 cm³/mol. The highest BCUT2D eigenvalue weighted by molar-refractivity contribution is 9.10. The standard InChI is InChI=1S/C13H17BrN4O2S/c1-18-12(19)16-17-13(18)21-11-4-3-9(7-10(11)14)8-15-5-6-20-2/h3-4,7,15H,5-6,8H2,1-2H3,(H,16,19). The molecule has 2 aromatic rings. The molecule has 0 aliphatic rings. The van der Waals surface area contributed by atoms with Gasteiger partial charge in [0.15, 0.2) is 5.16 Å². The van der Waals surface area contributed by atoms with Crippen LogP contribution in [0, 0.1) is 0 Å². The third-order valence-corrected chi connectivity index (χ3v) is 4.89. The number of rotatable bonds is 7. The number of hydrogen-bond acceptors (Lipinski definition) is 5. The van der Waals surface area contributed by atoms with Crippen LogP contribution in [-0.2, 0) is 18.3 Å². The normalized spacial score (nSPS) is 11.0. The van der Waals surface area contributed by atoms with Gasteiger partial charge in [0.2, 0.25) is 0 Å². The molecule has 1 aromatic carbocycles. The molecule has 8 heteroatoms. The first kappa shape index (κ1) is 16.3. The first-order valence-corrected chi connectivity index (χ1v) is 8.00. The lowest BCUT2D eigenvalue weighted by molar-refractivity contribution is 0.199. The second-order valence-electron chi connectivity index (χ2n) is 4.41. The molecule has 0 aliphatic heterocycles. The van der Waals surface area contributed by atoms with Crippen LogP contribution >= 0.6 is 27.7 Å². The van der Waals surface area contributed by atoms with E-state index in [2.05, 4.69) is 43.6 Å². The fourth-order valence-electron chi connectivity index (χ4n) is 1.67. The SMILES string of the molecule is COCCNCc1ccc(Sc2n[nH]c(=O)n2C)c(Br)c1. The van der Waals surface area contributed by atoms with Crippen LogP contribution in [0.1, 0.15) is 5.56 Å². The molecular weight excluding hydrogens is 356 g/mol. The van der Waals surface area contributed by atoms with Crippen LogP contribution in [0.4, 0.5) is 0 Å². The summed E-state index contributed by atoms with van der Waals surface area (Å²) in [6.45, 7) is 2.30. The van der Waals surface area contributed by atoms with Gasteiger partial charge in [0.25, 0.3) is 0 Å². The lowest BCUT2D eigenvalue weighted by atomic mass is 10.2. The minimum absolute atomic E-state index is 0.215. The van der Waals surface area contributed by atoms with Gasteiger partial charge in [-0.05, 0) is 45.4 Å². The van der Waals surface area contributed by atoms with Crippen LogP contribution in [0.3, 0.4) is 0 Å². The number of nitrogens with one attached hydrogen (secondary N) is 2. The molecular formula is C13H17BrN4O2S. The minimum Gasteiger partial charge on any atom is -0.383 e. The van der Waals surface area contributed by atoms with Gasteiger partial charge in [0, 0.05) is 36.6 Å². The van der Waals surface area contributed by atoms with Crippen molar-refractivity contribution in [1.29, 1.82) is 0 Å². The molecule has 0 saturated carbocycles. The van der Waals surface area contributed by atoms with E-state index in [4.69, 9.17) is 4.74 Å². The molecule has 0 radical (unpaired) electrons. The molecule has 2 rings (SSSR count). The van der Waals surface area contributed by atoms with Gasteiger partial charge in [-0.2, -0.15) is 0 Å². The number of H-pyrrole nitrogens is 1. The topological polar surface area (TPSA) is 71.9 Å². The first-order valence-electron chi connectivity index (χ1n) is 6.39. The number of aromatic nitrogens is 3. The van der Waals surface area contributed by atoms with Crippen LogP contribution in [0.15, 0.2) is 37.5 Å². The smallest absolute Gasteiger partial charge is 0.343 e. The van der Waals surface area contributed by atoms with E-state index >= 15 is 0 Å². The number of ether oxygens (including phenoxy) is 1. The Bertz CT molecular complexity index is 656. The van der Waals surface area contributed by atoms with E-state index in [0.29, 0.717) is 11.8 Å². The Morgan fingerprint density at radius 2 is 2.33 bits per heavy atom. The quantitative estimate of drug-likeness (QED) is 0.724. The second kappa shape index (κ2) is 7.79. The summed E-state index contributed by atoms with van der Waals surface area (Å²) < 4.78 is 7.45. The lowest BCUT2D eigenvalue weighted by Gasteiger charge is -2.08. The van der Waals surface area contributed by atoms with Crippen molar-refractivity contribution in [3.05, 3.63) is 38.7 Å². The monoisotopic (exact) mass is 372 g/mol. The number of benzene rings is 1. The number of hydrogen-bond donors (Lipinski definition) is 2. The van der Waals surface area contributed by atoms with Crippen molar-refractivity contribution in [3.8, 4) is 0 Å². The van der Waals surface area contributed by atoms with Gasteiger partial charge in [-0.3, -0.25) is 4.57 Å². The van der Waals surface area contributed by atoms with E-state index in [1.807, 2.05) is 6.07 Å². The molecule has 0 aliphatic carbocycles. The zero-order valence-corrected chi connectivity index (χ0v) is 14.3. The van der Waals surface area contributed by atoms with Crippen molar-refractivity contribution in [2.75, 3.05) is 20.3 Å². The molecule has 0 atom stereocenters.